The van der Waals surface area contributed by atoms with Gasteiger partial charge in [-0.25, -0.2) is 0 Å². The molecule has 1 aromatic carbocycles. The Balaban J connectivity index is 1.79. The fourth-order valence-electron chi connectivity index (χ4n) is 4.50. The van der Waals surface area contributed by atoms with E-state index in [0.717, 1.165) is 47.3 Å². The summed E-state index contributed by atoms with van der Waals surface area (Å²) < 4.78 is 26.0. The fraction of sp³-hybridized carbons (Fsp3) is 0.483. The maximum absolute atomic E-state index is 10.6. The fourth-order valence-corrected chi connectivity index (χ4v) is 6.87. The third kappa shape index (κ3) is 6.74. The molecule has 0 saturated carbocycles. The standard InChI is InChI=1S/C29H42N6O2S2/c1-7-10-18-34(9-3)25-17-16-21(38-25)20-23-26(29(4,5)6)32-35-27(30-31-28(23)35)22-14-12-13-15-24(22)33-39(36,37)19-11-8-2/h12-17,20,33,36-37H,7-11,18-19H2,1-6H3. The number of benzene rings is 1. The molecule has 39 heavy (non-hydrogen) atoms. The Hall–Kier alpha value is -2.66. The van der Waals surface area contributed by atoms with Crippen LogP contribution < -0.4 is 14.8 Å². The van der Waals surface area contributed by atoms with E-state index in [9.17, 15) is 9.11 Å². The van der Waals surface area contributed by atoms with Crippen molar-refractivity contribution in [1.82, 2.24) is 19.8 Å². The Morgan fingerprint density at radius 3 is 2.46 bits per heavy atom. The number of fused-ring (bicyclic) bond motifs is 1. The number of hydrogen-bond donors (Lipinski definition) is 3. The molecule has 0 aliphatic heterocycles. The van der Waals surface area contributed by atoms with Crippen molar-refractivity contribution in [3.05, 3.63) is 52.2 Å². The maximum Gasteiger partial charge on any atom is 0.187 e. The molecular weight excluding hydrogens is 528 g/mol. The average molecular weight is 571 g/mol. The van der Waals surface area contributed by atoms with Crippen LogP contribution in [-0.2, 0) is 5.41 Å². The minimum atomic E-state index is -2.98. The van der Waals surface area contributed by atoms with Crippen LogP contribution in [0.4, 0.5) is 10.7 Å². The van der Waals surface area contributed by atoms with E-state index in [2.05, 4.69) is 72.6 Å². The molecule has 10 heteroatoms. The molecule has 3 N–H and O–H groups in total. The van der Waals surface area contributed by atoms with Gasteiger partial charge in [-0.15, -0.1) is 32.3 Å². The predicted octanol–water partition coefficient (Wildman–Crippen LogP) is 7.20. The van der Waals surface area contributed by atoms with E-state index in [0.29, 0.717) is 22.9 Å². The Kier molecular flexibility index (Phi) is 9.21. The molecule has 212 valence electrons. The summed E-state index contributed by atoms with van der Waals surface area (Å²) in [6, 6.07) is 11.9. The van der Waals surface area contributed by atoms with E-state index >= 15 is 0 Å². The lowest BCUT2D eigenvalue weighted by molar-refractivity contribution is 0.491. The van der Waals surface area contributed by atoms with Crippen molar-refractivity contribution in [2.45, 2.75) is 72.6 Å². The van der Waals surface area contributed by atoms with Gasteiger partial charge in [0.05, 0.1) is 22.1 Å². The zero-order valence-corrected chi connectivity index (χ0v) is 25.6. The van der Waals surface area contributed by atoms with Gasteiger partial charge in [0.25, 0.3) is 0 Å². The van der Waals surface area contributed by atoms with E-state index in [1.165, 1.54) is 17.8 Å². The monoisotopic (exact) mass is 570 g/mol. The first kappa shape index (κ1) is 29.3. The summed E-state index contributed by atoms with van der Waals surface area (Å²) in [4.78, 5) is 3.58. The van der Waals surface area contributed by atoms with Gasteiger partial charge < -0.3 is 4.90 Å². The van der Waals surface area contributed by atoms with Crippen LogP contribution in [0.3, 0.4) is 0 Å². The third-order valence-corrected chi connectivity index (χ3v) is 9.14. The quantitative estimate of drug-likeness (QED) is 0.166. The lowest BCUT2D eigenvalue weighted by Crippen LogP contribution is -2.22. The molecule has 0 bridgehead atoms. The number of anilines is 2. The summed E-state index contributed by atoms with van der Waals surface area (Å²) in [5.41, 5.74) is 2.74. The molecule has 3 heterocycles. The lowest BCUT2D eigenvalue weighted by atomic mass is 9.91. The van der Waals surface area contributed by atoms with Crippen LogP contribution in [-0.4, -0.2) is 47.8 Å². The van der Waals surface area contributed by atoms with Gasteiger partial charge in [0.1, 0.15) is 0 Å². The molecule has 8 nitrogen and oxygen atoms in total. The van der Waals surface area contributed by atoms with E-state index in [1.54, 1.807) is 15.9 Å². The number of nitrogens with one attached hydrogen (secondary N) is 1. The van der Waals surface area contributed by atoms with E-state index in [1.807, 2.05) is 31.2 Å². The summed E-state index contributed by atoms with van der Waals surface area (Å²) >= 11 is 1.78. The van der Waals surface area contributed by atoms with Gasteiger partial charge >= 0.3 is 0 Å². The van der Waals surface area contributed by atoms with Gasteiger partial charge in [0.15, 0.2) is 11.5 Å². The molecule has 0 atom stereocenters. The molecule has 3 aromatic heterocycles. The Labute approximate surface area is 237 Å². The highest BCUT2D eigenvalue weighted by Crippen LogP contribution is 2.42. The lowest BCUT2D eigenvalue weighted by Gasteiger charge is -2.34. The molecular formula is C29H42N6O2S2. The van der Waals surface area contributed by atoms with Crippen LogP contribution in [0.2, 0.25) is 0 Å². The van der Waals surface area contributed by atoms with E-state index < -0.39 is 10.8 Å². The molecule has 4 aromatic rings. The van der Waals surface area contributed by atoms with Gasteiger partial charge in [-0.3, -0.25) is 13.8 Å². The largest absolute Gasteiger partial charge is 0.364 e. The van der Waals surface area contributed by atoms with Gasteiger partial charge in [-0.05, 0) is 50.1 Å². The smallest absolute Gasteiger partial charge is 0.187 e. The van der Waals surface area contributed by atoms with Gasteiger partial charge in [-0.1, -0.05) is 59.6 Å². The Bertz CT molecular complexity index is 1440. The number of thiophene rings is 1. The van der Waals surface area contributed by atoms with Crippen molar-refractivity contribution < 1.29 is 9.11 Å². The van der Waals surface area contributed by atoms with Crippen molar-refractivity contribution in [2.75, 3.05) is 28.5 Å². The zero-order valence-electron chi connectivity index (χ0n) is 23.9. The van der Waals surface area contributed by atoms with Crippen molar-refractivity contribution in [3.8, 4) is 11.4 Å². The molecule has 0 fully saturated rings. The molecule has 0 aliphatic carbocycles. The average Bonchev–Trinajstić information content (AvgIpc) is 3.60. The van der Waals surface area contributed by atoms with Crippen molar-refractivity contribution >= 4 is 44.5 Å². The number of rotatable bonds is 12. The van der Waals surface area contributed by atoms with E-state index in [-0.39, 0.29) is 5.41 Å². The number of unbranched alkanes of at least 4 members (excludes halogenated alkanes) is 2. The summed E-state index contributed by atoms with van der Waals surface area (Å²) in [7, 11) is -2.98. The second-order valence-corrected chi connectivity index (χ2v) is 13.9. The van der Waals surface area contributed by atoms with Crippen LogP contribution in [0, 0.1) is 0 Å². The van der Waals surface area contributed by atoms with Crippen LogP contribution >= 0.6 is 22.1 Å². The first-order valence-electron chi connectivity index (χ1n) is 13.8. The summed E-state index contributed by atoms with van der Waals surface area (Å²) in [5.74, 6) is 0.860. The second kappa shape index (κ2) is 12.2. The minimum absolute atomic E-state index is 0.214. The first-order valence-corrected chi connectivity index (χ1v) is 16.4. The highest BCUT2D eigenvalue weighted by atomic mass is 32.3. The van der Waals surface area contributed by atoms with Crippen LogP contribution in [0.25, 0.3) is 23.1 Å². The van der Waals surface area contributed by atoms with Crippen LogP contribution in [0.1, 0.15) is 77.8 Å². The number of para-hydroxylation sites is 1. The summed E-state index contributed by atoms with van der Waals surface area (Å²) in [6.45, 7) is 15.0. The van der Waals surface area contributed by atoms with Gasteiger partial charge in [0.2, 0.25) is 0 Å². The Morgan fingerprint density at radius 2 is 1.77 bits per heavy atom. The van der Waals surface area contributed by atoms with E-state index in [4.69, 9.17) is 5.10 Å². The predicted molar refractivity (Wildman–Crippen MR) is 167 cm³/mol. The molecule has 0 aliphatic rings. The van der Waals surface area contributed by atoms with Gasteiger partial charge in [0, 0.05) is 34.2 Å². The highest BCUT2D eigenvalue weighted by molar-refractivity contribution is 8.25. The highest BCUT2D eigenvalue weighted by Gasteiger charge is 2.25. The number of aromatic nitrogens is 4. The molecule has 4 rings (SSSR count). The molecule has 0 radical (unpaired) electrons. The SMILES string of the molecule is CCCCN(CC)c1ccc(C=c2c(C(C)(C)C)nn3c(-c4ccccc4NS(O)(O)CCCC)nnc23)s1. The Morgan fingerprint density at radius 1 is 1.03 bits per heavy atom. The normalized spacial score (nSPS) is 13.4. The summed E-state index contributed by atoms with van der Waals surface area (Å²) in [5, 5.41) is 16.3. The van der Waals surface area contributed by atoms with Crippen molar-refractivity contribution in [3.63, 3.8) is 0 Å². The van der Waals surface area contributed by atoms with Crippen LogP contribution in [0.15, 0.2) is 36.4 Å². The molecule has 0 unspecified atom stereocenters. The first-order chi connectivity index (χ1) is 18.6. The third-order valence-electron chi connectivity index (χ3n) is 6.65. The van der Waals surface area contributed by atoms with Crippen LogP contribution in [0.5, 0.6) is 0 Å². The molecule has 0 amide bonds. The summed E-state index contributed by atoms with van der Waals surface area (Å²) in [6.07, 6.45) is 6.15. The minimum Gasteiger partial charge on any atom is -0.364 e. The van der Waals surface area contributed by atoms with Gasteiger partial charge in [-0.2, -0.15) is 9.61 Å². The maximum atomic E-state index is 10.6. The number of hydrogen-bond acceptors (Lipinski definition) is 8. The zero-order chi connectivity index (χ0) is 28.2. The van der Waals surface area contributed by atoms with Crippen molar-refractivity contribution in [2.24, 2.45) is 0 Å². The molecule has 0 saturated heterocycles. The topological polar surface area (TPSA) is 98.8 Å². The van der Waals surface area contributed by atoms with Crippen molar-refractivity contribution in [1.29, 1.82) is 0 Å². The second-order valence-electron chi connectivity index (χ2n) is 10.9. The number of nitrogens with zero attached hydrogens (tertiary/aromatic N) is 5. The molecule has 0 spiro atoms.